The first-order chi connectivity index (χ1) is 11.5. The average Bonchev–Trinajstić information content (AvgIpc) is 2.58. The summed E-state index contributed by atoms with van der Waals surface area (Å²) in [7, 11) is 0. The van der Waals surface area contributed by atoms with E-state index in [4.69, 9.17) is 14.3 Å². The predicted molar refractivity (Wildman–Crippen MR) is 86.5 cm³/mol. The summed E-state index contributed by atoms with van der Waals surface area (Å²) in [4.78, 5) is 22.6. The van der Waals surface area contributed by atoms with Crippen molar-refractivity contribution in [1.29, 1.82) is 0 Å². The minimum Gasteiger partial charge on any atom is -0.507 e. The molecule has 0 fully saturated rings. The van der Waals surface area contributed by atoms with Crippen molar-refractivity contribution in [3.8, 4) is 11.5 Å². The molecular weight excluding hydrogens is 312 g/mol. The third-order valence-corrected chi connectivity index (χ3v) is 3.54. The zero-order chi connectivity index (χ0) is 17.1. The zero-order valence-corrected chi connectivity index (χ0v) is 12.6. The number of para-hydroxylation sites is 1. The van der Waals surface area contributed by atoms with Gasteiger partial charge in [-0.25, -0.2) is 9.59 Å². The van der Waals surface area contributed by atoms with Gasteiger partial charge < -0.3 is 19.4 Å². The molecule has 0 unspecified atom stereocenters. The number of benzene rings is 2. The second-order valence-electron chi connectivity index (χ2n) is 5.22. The number of carboxylic acid groups (broad SMARTS) is 1. The van der Waals surface area contributed by atoms with Gasteiger partial charge in [-0.1, -0.05) is 24.3 Å². The van der Waals surface area contributed by atoms with Crippen LogP contribution in [0, 0.1) is 0 Å². The molecule has 1 aromatic heterocycles. The summed E-state index contributed by atoms with van der Waals surface area (Å²) < 4.78 is 10.3. The Morgan fingerprint density at radius 1 is 1.08 bits per heavy atom. The quantitative estimate of drug-likeness (QED) is 0.699. The Kier molecular flexibility index (Phi) is 4.20. The number of rotatable bonds is 5. The lowest BCUT2D eigenvalue weighted by Gasteiger charge is -2.07. The smallest absolute Gasteiger partial charge is 0.343 e. The Morgan fingerprint density at radius 2 is 1.79 bits per heavy atom. The fourth-order valence-electron chi connectivity index (χ4n) is 2.38. The van der Waals surface area contributed by atoms with E-state index in [9.17, 15) is 14.7 Å². The van der Waals surface area contributed by atoms with Gasteiger partial charge in [0.1, 0.15) is 17.1 Å². The summed E-state index contributed by atoms with van der Waals surface area (Å²) in [6, 6.07) is 13.4. The van der Waals surface area contributed by atoms with Crippen molar-refractivity contribution in [2.45, 2.75) is 6.42 Å². The van der Waals surface area contributed by atoms with Gasteiger partial charge in [-0.05, 0) is 29.8 Å². The van der Waals surface area contributed by atoms with Crippen LogP contribution in [0.1, 0.15) is 11.1 Å². The molecule has 0 bridgehead atoms. The molecule has 3 aromatic rings. The molecule has 0 amide bonds. The molecule has 6 heteroatoms. The molecule has 6 nitrogen and oxygen atoms in total. The third-order valence-electron chi connectivity index (χ3n) is 3.54. The molecule has 0 saturated carbocycles. The van der Waals surface area contributed by atoms with Crippen LogP contribution in [0.15, 0.2) is 57.7 Å². The number of hydrogen-bond donors (Lipinski definition) is 2. The maximum atomic E-state index is 12.1. The van der Waals surface area contributed by atoms with E-state index in [1.165, 1.54) is 0 Å². The van der Waals surface area contributed by atoms with Crippen LogP contribution in [0.3, 0.4) is 0 Å². The highest BCUT2D eigenvalue weighted by Crippen LogP contribution is 2.27. The van der Waals surface area contributed by atoms with Gasteiger partial charge in [0, 0.05) is 6.42 Å². The number of carbonyl (C=O) groups is 1. The molecule has 0 atom stereocenters. The van der Waals surface area contributed by atoms with Crippen molar-refractivity contribution in [3.05, 3.63) is 70.1 Å². The van der Waals surface area contributed by atoms with Crippen LogP contribution < -0.4 is 10.4 Å². The Morgan fingerprint density at radius 3 is 2.50 bits per heavy atom. The van der Waals surface area contributed by atoms with Gasteiger partial charge in [-0.15, -0.1) is 0 Å². The lowest BCUT2D eigenvalue weighted by molar-refractivity contribution is -0.139. The van der Waals surface area contributed by atoms with Crippen molar-refractivity contribution >= 4 is 16.9 Å². The van der Waals surface area contributed by atoms with E-state index in [-0.39, 0.29) is 17.7 Å². The number of hydrogen-bond acceptors (Lipinski definition) is 5. The third kappa shape index (κ3) is 3.22. The van der Waals surface area contributed by atoms with Crippen LogP contribution in [-0.4, -0.2) is 22.8 Å². The van der Waals surface area contributed by atoms with E-state index in [1.807, 2.05) is 0 Å². The number of aliphatic carboxylic acids is 1. The van der Waals surface area contributed by atoms with Gasteiger partial charge in [0.05, 0.1) is 10.9 Å². The molecule has 0 spiro atoms. The monoisotopic (exact) mass is 326 g/mol. The summed E-state index contributed by atoms with van der Waals surface area (Å²) >= 11 is 0. The Labute approximate surface area is 136 Å². The summed E-state index contributed by atoms with van der Waals surface area (Å²) in [5, 5.41) is 19.4. The molecule has 1 heterocycles. The van der Waals surface area contributed by atoms with Crippen LogP contribution in [0.2, 0.25) is 0 Å². The molecule has 24 heavy (non-hydrogen) atoms. The van der Waals surface area contributed by atoms with Crippen molar-refractivity contribution in [2.75, 3.05) is 6.61 Å². The van der Waals surface area contributed by atoms with E-state index in [1.54, 1.807) is 48.5 Å². The lowest BCUT2D eigenvalue weighted by Crippen LogP contribution is -2.10. The first kappa shape index (κ1) is 15.6. The second-order valence-corrected chi connectivity index (χ2v) is 5.22. The molecular formula is C18H14O6. The van der Waals surface area contributed by atoms with Gasteiger partial charge >= 0.3 is 11.6 Å². The first-order valence-corrected chi connectivity index (χ1v) is 7.22. The van der Waals surface area contributed by atoms with Crippen molar-refractivity contribution < 1.29 is 24.2 Å². The van der Waals surface area contributed by atoms with Gasteiger partial charge in [0.25, 0.3) is 0 Å². The molecule has 3 rings (SSSR count). The maximum Gasteiger partial charge on any atom is 0.343 e. The highest BCUT2D eigenvalue weighted by Gasteiger charge is 2.14. The highest BCUT2D eigenvalue weighted by molar-refractivity contribution is 5.84. The lowest BCUT2D eigenvalue weighted by atomic mass is 10.0. The number of fused-ring (bicyclic) bond motifs is 1. The van der Waals surface area contributed by atoms with Gasteiger partial charge in [0.15, 0.2) is 6.61 Å². The van der Waals surface area contributed by atoms with E-state index in [0.29, 0.717) is 16.7 Å². The van der Waals surface area contributed by atoms with E-state index >= 15 is 0 Å². The molecule has 0 aliphatic carbocycles. The fourth-order valence-corrected chi connectivity index (χ4v) is 2.38. The molecule has 2 N–H and O–H groups in total. The topological polar surface area (TPSA) is 97.0 Å². The first-order valence-electron chi connectivity index (χ1n) is 7.22. The summed E-state index contributed by atoms with van der Waals surface area (Å²) in [6.07, 6.45) is 0.193. The maximum absolute atomic E-state index is 12.1. The summed E-state index contributed by atoms with van der Waals surface area (Å²) in [5.74, 6) is -0.734. The Hall–Kier alpha value is -3.28. The Balaban J connectivity index is 1.87. The zero-order valence-electron chi connectivity index (χ0n) is 12.6. The van der Waals surface area contributed by atoms with Crippen LogP contribution >= 0.6 is 0 Å². The highest BCUT2D eigenvalue weighted by atomic mass is 16.5. The van der Waals surface area contributed by atoms with Crippen LogP contribution in [-0.2, 0) is 11.2 Å². The van der Waals surface area contributed by atoms with Crippen molar-refractivity contribution in [1.82, 2.24) is 0 Å². The standard InChI is InChI=1S/C18H14O6/c19-16(20)10-23-12-7-5-11(6-8-12)9-14-17(21)13-3-1-2-4-15(13)24-18(14)22/h1-8,21H,9-10H2,(H,19,20). The molecule has 0 radical (unpaired) electrons. The van der Waals surface area contributed by atoms with Gasteiger partial charge in [0.2, 0.25) is 0 Å². The molecule has 0 aliphatic rings. The normalized spacial score (nSPS) is 10.7. The van der Waals surface area contributed by atoms with E-state index in [2.05, 4.69) is 0 Å². The number of aromatic hydroxyl groups is 1. The SMILES string of the molecule is O=C(O)COc1ccc(Cc2c(O)c3ccccc3oc2=O)cc1. The van der Waals surface area contributed by atoms with E-state index in [0.717, 1.165) is 5.56 Å². The largest absolute Gasteiger partial charge is 0.507 e. The van der Waals surface area contributed by atoms with Crippen LogP contribution in [0.5, 0.6) is 11.5 Å². The minimum absolute atomic E-state index is 0.0898. The average molecular weight is 326 g/mol. The van der Waals surface area contributed by atoms with Crippen molar-refractivity contribution in [2.24, 2.45) is 0 Å². The number of ether oxygens (including phenoxy) is 1. The molecule has 122 valence electrons. The minimum atomic E-state index is -1.06. The number of carboxylic acids is 1. The predicted octanol–water partition coefficient (Wildman–Crippen LogP) is 2.55. The Bertz CT molecular complexity index is 940. The van der Waals surface area contributed by atoms with Gasteiger partial charge in [-0.2, -0.15) is 0 Å². The second kappa shape index (κ2) is 6.45. The summed E-state index contributed by atoms with van der Waals surface area (Å²) in [5.41, 5.74) is 0.682. The van der Waals surface area contributed by atoms with Crippen LogP contribution in [0.4, 0.5) is 0 Å². The molecule has 2 aromatic carbocycles. The van der Waals surface area contributed by atoms with Crippen LogP contribution in [0.25, 0.3) is 11.0 Å². The van der Waals surface area contributed by atoms with E-state index < -0.39 is 18.2 Å². The van der Waals surface area contributed by atoms with Crippen molar-refractivity contribution in [3.63, 3.8) is 0 Å². The molecule has 0 saturated heterocycles. The fraction of sp³-hybridized carbons (Fsp3) is 0.111. The molecule has 0 aliphatic heterocycles. The van der Waals surface area contributed by atoms with Gasteiger partial charge in [-0.3, -0.25) is 0 Å². The summed E-state index contributed by atoms with van der Waals surface area (Å²) in [6.45, 7) is -0.422.